The average molecular weight is 484 g/mol. The van der Waals surface area contributed by atoms with Gasteiger partial charge < -0.3 is 22.0 Å². The molecule has 4 rings (SSSR count). The molecule has 1 nitrogen and oxygen atoms in total. The smallest absolute Gasteiger partial charge is 0.494 e. The summed E-state index contributed by atoms with van der Waals surface area (Å²) in [6.07, 6.45) is 2.23. The van der Waals surface area contributed by atoms with E-state index in [4.69, 9.17) is 4.74 Å². The fraction of sp³-hybridized carbons (Fsp3) is 0.148. The second kappa shape index (κ2) is 12.3. The van der Waals surface area contributed by atoms with Crippen LogP contribution in [0.25, 0.3) is 32.7 Å². The Labute approximate surface area is 201 Å². The summed E-state index contributed by atoms with van der Waals surface area (Å²) in [6, 6.07) is 32.1. The van der Waals surface area contributed by atoms with Crippen molar-refractivity contribution in [3.05, 3.63) is 96.4 Å². The molecule has 0 atom stereocenters. The third-order valence-electron chi connectivity index (χ3n) is 4.95. The van der Waals surface area contributed by atoms with E-state index >= 15 is 0 Å². The Kier molecular flexibility index (Phi) is 9.22. The number of rotatable bonds is 7. The third-order valence-corrected chi connectivity index (χ3v) is 5.90. The molecule has 0 saturated carbocycles. The molecule has 0 amide bonds. The predicted molar refractivity (Wildman–Crippen MR) is 136 cm³/mol. The van der Waals surface area contributed by atoms with Crippen LogP contribution in [0.3, 0.4) is 0 Å². The standard InChI is InChI=1S/C27H25OS.BF4/c1-2-3-19-28-24-16-14-21(15-17-24)25-18-20-29-27(23-12-8-5-9-13-23)26(25)22-10-6-4-7-11-22;2-1(3,4)5/h4-18,20H,2-3,19H2,1H3;/q+1;-1. The zero-order valence-electron chi connectivity index (χ0n) is 18.8. The quantitative estimate of drug-likeness (QED) is 0.110. The highest BCUT2D eigenvalue weighted by Crippen LogP contribution is 2.42. The number of hydrogen-bond donors (Lipinski definition) is 0. The molecule has 0 spiro atoms. The molecule has 1 heterocycles. The van der Waals surface area contributed by atoms with Crippen LogP contribution in [0.2, 0.25) is 0 Å². The Morgan fingerprint density at radius 1 is 0.706 bits per heavy atom. The molecule has 34 heavy (non-hydrogen) atoms. The highest BCUT2D eigenvalue weighted by Gasteiger charge is 2.22. The molecule has 0 bridgehead atoms. The van der Waals surface area contributed by atoms with Crippen LogP contribution < -0.4 is 4.74 Å². The van der Waals surface area contributed by atoms with Gasteiger partial charge in [-0.1, -0.05) is 74.0 Å². The summed E-state index contributed by atoms with van der Waals surface area (Å²) in [5.41, 5.74) is 6.22. The summed E-state index contributed by atoms with van der Waals surface area (Å²) in [5, 5.41) is 2.19. The molecule has 0 unspecified atom stereocenters. The van der Waals surface area contributed by atoms with Gasteiger partial charge in [-0.3, -0.25) is 0 Å². The summed E-state index contributed by atoms with van der Waals surface area (Å²) >= 11 is 1.79. The van der Waals surface area contributed by atoms with Crippen molar-refractivity contribution in [2.24, 2.45) is 0 Å². The second-order valence-electron chi connectivity index (χ2n) is 7.49. The number of unbranched alkanes of at least 4 members (excludes halogenated alkanes) is 1. The highest BCUT2D eigenvalue weighted by molar-refractivity contribution is 7.13. The van der Waals surface area contributed by atoms with Gasteiger partial charge in [-0.05, 0) is 41.8 Å². The maximum atomic E-state index is 9.75. The molecule has 0 saturated heterocycles. The Balaban J connectivity index is 0.000000588. The monoisotopic (exact) mass is 484 g/mol. The Morgan fingerprint density at radius 3 is 1.82 bits per heavy atom. The van der Waals surface area contributed by atoms with E-state index in [-0.39, 0.29) is 0 Å². The van der Waals surface area contributed by atoms with Gasteiger partial charge in [0.15, 0.2) is 5.38 Å². The zero-order valence-corrected chi connectivity index (χ0v) is 19.6. The van der Waals surface area contributed by atoms with Gasteiger partial charge >= 0.3 is 7.25 Å². The van der Waals surface area contributed by atoms with E-state index in [0.717, 1.165) is 25.2 Å². The molecule has 176 valence electrons. The number of hydrogen-bond acceptors (Lipinski definition) is 1. The average Bonchev–Trinajstić information content (AvgIpc) is 2.84. The van der Waals surface area contributed by atoms with E-state index in [9.17, 15) is 17.3 Å². The molecule has 0 aliphatic heterocycles. The van der Waals surface area contributed by atoms with E-state index in [1.807, 2.05) is 0 Å². The van der Waals surface area contributed by atoms with Gasteiger partial charge in [0.25, 0.3) is 0 Å². The molecule has 0 aliphatic rings. The summed E-state index contributed by atoms with van der Waals surface area (Å²) in [7, 11) is -6.00. The Bertz CT molecular complexity index is 1140. The van der Waals surface area contributed by atoms with Crippen molar-refractivity contribution < 1.29 is 22.0 Å². The molecular formula is C27H25BF4OS. The lowest BCUT2D eigenvalue weighted by molar-refractivity contribution is 0.309. The van der Waals surface area contributed by atoms with Crippen LogP contribution in [-0.2, 0) is 0 Å². The highest BCUT2D eigenvalue weighted by atomic mass is 32.1. The minimum atomic E-state index is -6.00. The SMILES string of the molecule is CCCCOc1ccc(-c2cc[s+]c(-c3ccccc3)c2-c2ccccc2)cc1.F[B-](F)(F)F. The van der Waals surface area contributed by atoms with Crippen LogP contribution in [0.15, 0.2) is 96.4 Å². The number of halogens is 4. The largest absolute Gasteiger partial charge is 0.673 e. The van der Waals surface area contributed by atoms with Crippen LogP contribution in [0.1, 0.15) is 19.8 Å². The predicted octanol–water partition coefficient (Wildman–Crippen LogP) is 9.51. The fourth-order valence-electron chi connectivity index (χ4n) is 3.43. The van der Waals surface area contributed by atoms with Crippen molar-refractivity contribution in [3.8, 4) is 38.4 Å². The molecule has 7 heteroatoms. The normalized spacial score (nSPS) is 10.9. The van der Waals surface area contributed by atoms with Gasteiger partial charge in [-0.25, -0.2) is 0 Å². The number of ether oxygens (including phenoxy) is 1. The molecule has 4 aromatic rings. The van der Waals surface area contributed by atoms with Crippen LogP contribution in [0.4, 0.5) is 17.3 Å². The summed E-state index contributed by atoms with van der Waals surface area (Å²) < 4.78 is 44.8. The van der Waals surface area contributed by atoms with Gasteiger partial charge in [0.2, 0.25) is 16.2 Å². The topological polar surface area (TPSA) is 9.23 Å². The first-order valence-corrected chi connectivity index (χ1v) is 11.9. The van der Waals surface area contributed by atoms with Crippen molar-refractivity contribution in [2.45, 2.75) is 19.8 Å². The van der Waals surface area contributed by atoms with Gasteiger partial charge in [0.1, 0.15) is 5.75 Å². The lowest BCUT2D eigenvalue weighted by atomic mass is 9.93. The van der Waals surface area contributed by atoms with Crippen molar-refractivity contribution in [1.82, 2.24) is 0 Å². The molecule has 0 aliphatic carbocycles. The molecular weight excluding hydrogens is 459 g/mol. The molecule has 0 fully saturated rings. The Hall–Kier alpha value is -3.19. The minimum Gasteiger partial charge on any atom is -0.494 e. The second-order valence-corrected chi connectivity index (χ2v) is 8.41. The van der Waals surface area contributed by atoms with Crippen molar-refractivity contribution in [3.63, 3.8) is 0 Å². The van der Waals surface area contributed by atoms with Crippen molar-refractivity contribution >= 4 is 18.6 Å². The van der Waals surface area contributed by atoms with E-state index in [2.05, 4.69) is 103 Å². The van der Waals surface area contributed by atoms with Gasteiger partial charge in [-0.15, -0.1) is 0 Å². The fourth-order valence-corrected chi connectivity index (χ4v) is 4.39. The van der Waals surface area contributed by atoms with Gasteiger partial charge in [0, 0.05) is 17.2 Å². The van der Waals surface area contributed by atoms with Crippen LogP contribution in [-0.4, -0.2) is 13.9 Å². The van der Waals surface area contributed by atoms with Crippen molar-refractivity contribution in [1.29, 1.82) is 0 Å². The van der Waals surface area contributed by atoms with Gasteiger partial charge in [-0.2, -0.15) is 0 Å². The summed E-state index contributed by atoms with van der Waals surface area (Å²) in [4.78, 5) is 1.29. The summed E-state index contributed by atoms with van der Waals surface area (Å²) in [6.45, 7) is 2.95. The first-order valence-electron chi connectivity index (χ1n) is 11.0. The zero-order chi connectivity index (χ0) is 24.4. The van der Waals surface area contributed by atoms with E-state index in [0.29, 0.717) is 0 Å². The maximum absolute atomic E-state index is 9.75. The third kappa shape index (κ3) is 7.70. The minimum absolute atomic E-state index is 0.774. The van der Waals surface area contributed by atoms with E-state index < -0.39 is 7.25 Å². The summed E-state index contributed by atoms with van der Waals surface area (Å²) in [5.74, 6) is 0.936. The van der Waals surface area contributed by atoms with Crippen LogP contribution >= 0.6 is 11.3 Å². The van der Waals surface area contributed by atoms with Gasteiger partial charge in [0.05, 0.1) is 12.2 Å². The van der Waals surface area contributed by atoms with E-state index in [1.54, 1.807) is 11.3 Å². The number of benzene rings is 3. The van der Waals surface area contributed by atoms with Crippen LogP contribution in [0.5, 0.6) is 5.75 Å². The van der Waals surface area contributed by atoms with Crippen molar-refractivity contribution in [2.75, 3.05) is 6.61 Å². The molecule has 3 aromatic carbocycles. The first-order chi connectivity index (χ1) is 16.4. The first kappa shape index (κ1) is 25.4. The molecule has 0 N–H and O–H groups in total. The lowest BCUT2D eigenvalue weighted by Crippen LogP contribution is -2.02. The molecule has 1 aromatic heterocycles. The maximum Gasteiger partial charge on any atom is 0.673 e. The van der Waals surface area contributed by atoms with E-state index in [1.165, 1.54) is 32.7 Å². The Morgan fingerprint density at radius 2 is 1.26 bits per heavy atom. The van der Waals surface area contributed by atoms with Crippen LogP contribution in [0, 0.1) is 0 Å². The molecule has 0 radical (unpaired) electrons. The lowest BCUT2D eigenvalue weighted by Gasteiger charge is -2.11.